The molecule has 1 nitrogen and oxygen atoms in total. The molecule has 3 heteroatoms. The van der Waals surface area contributed by atoms with Gasteiger partial charge in [-0.05, 0) is 47.0 Å². The van der Waals surface area contributed by atoms with Gasteiger partial charge in [0.25, 0.3) is 0 Å². The Bertz CT molecular complexity index is 448. The van der Waals surface area contributed by atoms with Crippen molar-refractivity contribution in [2.24, 2.45) is 0 Å². The van der Waals surface area contributed by atoms with Crippen molar-refractivity contribution < 1.29 is 5.11 Å². The van der Waals surface area contributed by atoms with Gasteiger partial charge in [0.2, 0.25) is 0 Å². The summed E-state index contributed by atoms with van der Waals surface area (Å²) in [6.45, 7) is 1.82. The van der Waals surface area contributed by atoms with Crippen molar-refractivity contribution in [1.82, 2.24) is 0 Å². The van der Waals surface area contributed by atoms with E-state index in [-0.39, 0.29) is 0 Å². The Kier molecular flexibility index (Phi) is 2.96. The van der Waals surface area contributed by atoms with E-state index in [4.69, 9.17) is 0 Å². The van der Waals surface area contributed by atoms with Crippen LogP contribution in [-0.4, -0.2) is 5.11 Å². The highest BCUT2D eigenvalue weighted by Crippen LogP contribution is 2.31. The van der Waals surface area contributed by atoms with Crippen LogP contribution < -0.4 is 0 Å². The average Bonchev–Trinajstić information content (AvgIpc) is 2.71. The molecule has 0 aliphatic rings. The van der Waals surface area contributed by atoms with E-state index in [1.54, 1.807) is 11.3 Å². The van der Waals surface area contributed by atoms with Crippen LogP contribution >= 0.6 is 27.3 Å². The average molecular weight is 283 g/mol. The molecule has 0 amide bonds. The van der Waals surface area contributed by atoms with E-state index < -0.39 is 5.60 Å². The van der Waals surface area contributed by atoms with E-state index in [9.17, 15) is 5.11 Å². The highest BCUT2D eigenvalue weighted by Gasteiger charge is 2.25. The van der Waals surface area contributed by atoms with E-state index in [1.807, 2.05) is 48.0 Å². The fourth-order valence-electron chi connectivity index (χ4n) is 1.50. The molecule has 0 saturated carbocycles. The van der Waals surface area contributed by atoms with Crippen molar-refractivity contribution in [2.75, 3.05) is 0 Å². The minimum atomic E-state index is -0.913. The number of thiophene rings is 1. The van der Waals surface area contributed by atoms with Crippen LogP contribution in [0, 0.1) is 0 Å². The quantitative estimate of drug-likeness (QED) is 0.889. The molecule has 0 radical (unpaired) electrons. The van der Waals surface area contributed by atoms with Gasteiger partial charge in [0.15, 0.2) is 0 Å². The second-order valence-corrected chi connectivity index (χ2v) is 5.29. The second kappa shape index (κ2) is 4.08. The summed E-state index contributed by atoms with van der Waals surface area (Å²) in [5, 5.41) is 14.4. The van der Waals surface area contributed by atoms with Crippen molar-refractivity contribution in [2.45, 2.75) is 12.5 Å². The summed E-state index contributed by atoms with van der Waals surface area (Å²) in [6.07, 6.45) is 0. The molecule has 0 fully saturated rings. The molecule has 0 spiro atoms. The van der Waals surface area contributed by atoms with Gasteiger partial charge < -0.3 is 5.11 Å². The molecule has 78 valence electrons. The van der Waals surface area contributed by atoms with Gasteiger partial charge in [-0.3, -0.25) is 0 Å². The van der Waals surface area contributed by atoms with E-state index >= 15 is 0 Å². The topological polar surface area (TPSA) is 20.2 Å². The maximum absolute atomic E-state index is 10.5. The number of rotatable bonds is 2. The Hall–Kier alpha value is -0.640. The molecule has 15 heavy (non-hydrogen) atoms. The first kappa shape index (κ1) is 10.9. The van der Waals surface area contributed by atoms with Crippen LogP contribution in [0.4, 0.5) is 0 Å². The lowest BCUT2D eigenvalue weighted by molar-refractivity contribution is 0.103. The zero-order valence-electron chi connectivity index (χ0n) is 8.27. The minimum absolute atomic E-state index is 0.898. The zero-order chi connectivity index (χ0) is 10.9. The van der Waals surface area contributed by atoms with Crippen molar-refractivity contribution in [1.29, 1.82) is 0 Å². The van der Waals surface area contributed by atoms with Gasteiger partial charge in [-0.1, -0.05) is 28.1 Å². The predicted octanol–water partition coefficient (Wildman–Crippen LogP) is 3.77. The fourth-order valence-corrected chi connectivity index (χ4v) is 2.66. The molecule has 0 aliphatic carbocycles. The van der Waals surface area contributed by atoms with Crippen LogP contribution in [0.5, 0.6) is 0 Å². The van der Waals surface area contributed by atoms with Crippen LogP contribution in [-0.2, 0) is 5.60 Å². The molecular formula is C12H11BrOS. The monoisotopic (exact) mass is 282 g/mol. The first-order chi connectivity index (χ1) is 7.10. The molecule has 1 N–H and O–H groups in total. The Morgan fingerprint density at radius 1 is 1.27 bits per heavy atom. The lowest BCUT2D eigenvalue weighted by Gasteiger charge is -2.23. The fraction of sp³-hybridized carbons (Fsp3) is 0.167. The summed E-state index contributed by atoms with van der Waals surface area (Å²) in [5.74, 6) is 0. The van der Waals surface area contributed by atoms with E-state index in [2.05, 4.69) is 15.9 Å². The van der Waals surface area contributed by atoms with Gasteiger partial charge in [0.05, 0.1) is 0 Å². The zero-order valence-corrected chi connectivity index (χ0v) is 10.7. The third-order valence-corrected chi connectivity index (χ3v) is 3.65. The highest BCUT2D eigenvalue weighted by atomic mass is 79.9. The Morgan fingerprint density at radius 2 is 2.07 bits per heavy atom. The van der Waals surface area contributed by atoms with Crippen LogP contribution in [0.2, 0.25) is 0 Å². The molecule has 0 bridgehead atoms. The number of benzene rings is 1. The SMILES string of the molecule is CC(O)(c1ccsc1)c1cccc(Br)c1. The van der Waals surface area contributed by atoms with Crippen molar-refractivity contribution in [3.05, 3.63) is 56.7 Å². The highest BCUT2D eigenvalue weighted by molar-refractivity contribution is 9.10. The molecule has 0 saturated heterocycles. The summed E-state index contributed by atoms with van der Waals surface area (Å²) in [7, 11) is 0. The molecule has 2 aromatic rings. The number of aliphatic hydroxyl groups is 1. The summed E-state index contributed by atoms with van der Waals surface area (Å²) < 4.78 is 0.982. The first-order valence-electron chi connectivity index (χ1n) is 4.62. The Balaban J connectivity index is 2.46. The summed E-state index contributed by atoms with van der Waals surface area (Å²) >= 11 is 5.00. The number of hydrogen-bond acceptors (Lipinski definition) is 2. The Labute approximate surface area is 102 Å². The molecule has 2 rings (SSSR count). The molecule has 0 aliphatic heterocycles. The van der Waals surface area contributed by atoms with Gasteiger partial charge in [0.1, 0.15) is 5.60 Å². The molecule has 1 heterocycles. The lowest BCUT2D eigenvalue weighted by Crippen LogP contribution is -2.21. The molecular weight excluding hydrogens is 272 g/mol. The van der Waals surface area contributed by atoms with Gasteiger partial charge in [-0.2, -0.15) is 11.3 Å². The largest absolute Gasteiger partial charge is 0.381 e. The third-order valence-electron chi connectivity index (χ3n) is 2.47. The van der Waals surface area contributed by atoms with E-state index in [0.717, 1.165) is 15.6 Å². The minimum Gasteiger partial charge on any atom is -0.381 e. The van der Waals surface area contributed by atoms with Crippen LogP contribution in [0.15, 0.2) is 45.6 Å². The van der Waals surface area contributed by atoms with Gasteiger partial charge in [0, 0.05) is 4.47 Å². The Morgan fingerprint density at radius 3 is 2.67 bits per heavy atom. The summed E-state index contributed by atoms with van der Waals surface area (Å²) in [4.78, 5) is 0. The summed E-state index contributed by atoms with van der Waals surface area (Å²) in [6, 6.07) is 9.71. The predicted molar refractivity (Wildman–Crippen MR) is 67.1 cm³/mol. The lowest BCUT2D eigenvalue weighted by atomic mass is 9.90. The summed E-state index contributed by atoms with van der Waals surface area (Å²) in [5.41, 5.74) is 0.921. The molecule has 1 aromatic heterocycles. The maximum atomic E-state index is 10.5. The van der Waals surface area contributed by atoms with Crippen LogP contribution in [0.25, 0.3) is 0 Å². The molecule has 1 unspecified atom stereocenters. The maximum Gasteiger partial charge on any atom is 0.113 e. The molecule has 1 aromatic carbocycles. The van der Waals surface area contributed by atoms with Crippen molar-refractivity contribution in [3.63, 3.8) is 0 Å². The van der Waals surface area contributed by atoms with E-state index in [1.165, 1.54) is 0 Å². The van der Waals surface area contributed by atoms with Gasteiger partial charge in [-0.15, -0.1) is 0 Å². The van der Waals surface area contributed by atoms with Crippen molar-refractivity contribution >= 4 is 27.3 Å². The third kappa shape index (κ3) is 2.14. The number of hydrogen-bond donors (Lipinski definition) is 1. The molecule has 1 atom stereocenters. The first-order valence-corrected chi connectivity index (χ1v) is 6.35. The van der Waals surface area contributed by atoms with Crippen molar-refractivity contribution in [3.8, 4) is 0 Å². The van der Waals surface area contributed by atoms with Gasteiger partial charge >= 0.3 is 0 Å². The van der Waals surface area contributed by atoms with E-state index in [0.29, 0.717) is 0 Å². The van der Waals surface area contributed by atoms with Crippen LogP contribution in [0.3, 0.4) is 0 Å². The second-order valence-electron chi connectivity index (χ2n) is 3.59. The number of halogens is 1. The van der Waals surface area contributed by atoms with Crippen LogP contribution in [0.1, 0.15) is 18.1 Å². The standard InChI is InChI=1S/C12H11BrOS/c1-12(14,10-5-6-15-8-10)9-3-2-4-11(13)7-9/h2-8,14H,1H3. The smallest absolute Gasteiger partial charge is 0.113 e. The normalized spacial score (nSPS) is 14.9. The van der Waals surface area contributed by atoms with Gasteiger partial charge in [-0.25, -0.2) is 0 Å².